The number of imidazole rings is 1. The summed E-state index contributed by atoms with van der Waals surface area (Å²) >= 11 is 0. The maximum atomic E-state index is 4.77. The first-order valence-corrected chi connectivity index (χ1v) is 15.7. The lowest BCUT2D eigenvalue weighted by Crippen LogP contribution is -2.02. The van der Waals surface area contributed by atoms with Gasteiger partial charge in [0.05, 0.1) is 5.69 Å². The van der Waals surface area contributed by atoms with Gasteiger partial charge in [-0.2, -0.15) is 5.10 Å². The van der Waals surface area contributed by atoms with Crippen LogP contribution >= 0.6 is 0 Å². The first kappa shape index (κ1) is 29.3. The molecular weight excluding hydrogens is 538 g/mol. The van der Waals surface area contributed by atoms with Crippen molar-refractivity contribution in [3.8, 4) is 28.5 Å². The molecule has 0 aliphatic rings. The minimum Gasteiger partial charge on any atom is -0.299 e. The largest absolute Gasteiger partial charge is 0.299 e. The number of aromatic nitrogens is 5. The SMILES string of the molecule is CCCc1nc(-c2cccc(CCc3ccc(CCc4cccc(-c5nccn5-c5c(C)cccc5C)c4)cc3)c2)n(C)n1. The van der Waals surface area contributed by atoms with Crippen LogP contribution < -0.4 is 0 Å². The van der Waals surface area contributed by atoms with Gasteiger partial charge >= 0.3 is 0 Å². The molecule has 0 saturated heterocycles. The summed E-state index contributed by atoms with van der Waals surface area (Å²) in [6.45, 7) is 6.48. The van der Waals surface area contributed by atoms with Crippen molar-refractivity contribution in [2.24, 2.45) is 7.05 Å². The molecule has 0 N–H and O–H groups in total. The van der Waals surface area contributed by atoms with Gasteiger partial charge in [-0.3, -0.25) is 4.57 Å². The van der Waals surface area contributed by atoms with Gasteiger partial charge in [0.15, 0.2) is 11.6 Å². The normalized spacial score (nSPS) is 11.3. The number of nitrogens with zero attached hydrogens (tertiary/aromatic N) is 5. The average molecular weight is 580 g/mol. The number of para-hydroxylation sites is 1. The van der Waals surface area contributed by atoms with Crippen molar-refractivity contribution >= 4 is 0 Å². The minimum absolute atomic E-state index is 0.913. The highest BCUT2D eigenvalue weighted by atomic mass is 15.3. The number of rotatable bonds is 11. The molecule has 5 heteroatoms. The summed E-state index contributed by atoms with van der Waals surface area (Å²) in [5, 5.41) is 4.58. The fourth-order valence-electron chi connectivity index (χ4n) is 6.08. The Kier molecular flexibility index (Phi) is 8.83. The molecular formula is C39H41N5. The lowest BCUT2D eigenvalue weighted by atomic mass is 9.99. The van der Waals surface area contributed by atoms with Gasteiger partial charge in [-0.25, -0.2) is 14.6 Å². The van der Waals surface area contributed by atoms with E-state index in [1.807, 2.05) is 17.9 Å². The van der Waals surface area contributed by atoms with Gasteiger partial charge in [0.1, 0.15) is 5.82 Å². The Morgan fingerprint density at radius 1 is 0.614 bits per heavy atom. The second kappa shape index (κ2) is 13.3. The Labute approximate surface area is 261 Å². The van der Waals surface area contributed by atoms with Crippen LogP contribution in [0.5, 0.6) is 0 Å². The van der Waals surface area contributed by atoms with Crippen molar-refractivity contribution in [3.05, 3.63) is 143 Å². The second-order valence-electron chi connectivity index (χ2n) is 11.8. The molecule has 4 aromatic carbocycles. The highest BCUT2D eigenvalue weighted by Crippen LogP contribution is 2.27. The lowest BCUT2D eigenvalue weighted by Gasteiger charge is -2.14. The monoisotopic (exact) mass is 579 g/mol. The fourth-order valence-corrected chi connectivity index (χ4v) is 6.08. The summed E-state index contributed by atoms with van der Waals surface area (Å²) in [7, 11) is 1.98. The maximum Gasteiger partial charge on any atom is 0.158 e. The Morgan fingerprint density at radius 3 is 1.75 bits per heavy atom. The highest BCUT2D eigenvalue weighted by molar-refractivity contribution is 5.62. The van der Waals surface area contributed by atoms with Gasteiger partial charge in [0, 0.05) is 37.0 Å². The van der Waals surface area contributed by atoms with Crippen molar-refractivity contribution in [1.29, 1.82) is 0 Å². The summed E-state index contributed by atoms with van der Waals surface area (Å²) in [5.41, 5.74) is 11.4. The molecule has 0 atom stereocenters. The number of hydrogen-bond donors (Lipinski definition) is 0. The molecule has 0 aliphatic carbocycles. The van der Waals surface area contributed by atoms with Gasteiger partial charge in [-0.05, 0) is 91.5 Å². The predicted octanol–water partition coefficient (Wildman–Crippen LogP) is 8.47. The number of benzene rings is 4. The van der Waals surface area contributed by atoms with E-state index in [1.54, 1.807) is 0 Å². The third kappa shape index (κ3) is 6.57. The van der Waals surface area contributed by atoms with Crippen molar-refractivity contribution in [2.75, 3.05) is 0 Å². The van der Waals surface area contributed by atoms with Crippen LogP contribution in [0.3, 0.4) is 0 Å². The first-order valence-electron chi connectivity index (χ1n) is 15.7. The Morgan fingerprint density at radius 2 is 1.16 bits per heavy atom. The van der Waals surface area contributed by atoms with Gasteiger partial charge < -0.3 is 0 Å². The third-order valence-electron chi connectivity index (χ3n) is 8.40. The summed E-state index contributed by atoms with van der Waals surface area (Å²) < 4.78 is 4.12. The standard InChI is InChI=1S/C39H41N5/c1-5-9-36-41-39(43(4)42-36)35-15-8-13-33(27-35)23-21-31-18-16-30(17-19-31)20-22-32-12-7-14-34(26-32)38-40-24-25-44(38)37-28(2)10-6-11-29(37)3/h6-8,10-19,24-27H,5,9,20-23H2,1-4H3. The molecule has 2 heterocycles. The number of hydrogen-bond acceptors (Lipinski definition) is 3. The molecule has 0 amide bonds. The van der Waals surface area contributed by atoms with Crippen LogP contribution in [0.25, 0.3) is 28.5 Å². The molecule has 0 bridgehead atoms. The molecule has 0 fully saturated rings. The molecule has 6 rings (SSSR count). The van der Waals surface area contributed by atoms with E-state index in [1.165, 1.54) is 39.1 Å². The zero-order valence-electron chi connectivity index (χ0n) is 26.3. The van der Waals surface area contributed by atoms with E-state index in [9.17, 15) is 0 Å². The molecule has 0 unspecified atom stereocenters. The summed E-state index contributed by atoms with van der Waals surface area (Å²) in [4.78, 5) is 9.51. The number of aryl methyl sites for hydroxylation is 8. The molecule has 0 spiro atoms. The van der Waals surface area contributed by atoms with E-state index in [0.717, 1.165) is 67.1 Å². The van der Waals surface area contributed by atoms with E-state index in [0.29, 0.717) is 0 Å². The molecule has 0 saturated carbocycles. The summed E-state index contributed by atoms with van der Waals surface area (Å²) in [6.07, 6.45) is 9.94. The van der Waals surface area contributed by atoms with Gasteiger partial charge in [-0.1, -0.05) is 85.8 Å². The molecule has 0 aliphatic heterocycles. The van der Waals surface area contributed by atoms with Crippen LogP contribution in [0.2, 0.25) is 0 Å². The highest BCUT2D eigenvalue weighted by Gasteiger charge is 2.13. The molecule has 0 radical (unpaired) electrons. The Balaban J connectivity index is 1.08. The molecule has 6 aromatic rings. The Bertz CT molecular complexity index is 1840. The van der Waals surface area contributed by atoms with Crippen molar-refractivity contribution in [3.63, 3.8) is 0 Å². The fraction of sp³-hybridized carbons (Fsp3) is 0.256. The summed E-state index contributed by atoms with van der Waals surface area (Å²) in [5.74, 6) is 2.84. The van der Waals surface area contributed by atoms with Crippen LogP contribution in [-0.2, 0) is 39.2 Å². The first-order chi connectivity index (χ1) is 21.5. The average Bonchev–Trinajstić information content (AvgIpc) is 3.66. The van der Waals surface area contributed by atoms with Gasteiger partial charge in [-0.15, -0.1) is 0 Å². The van der Waals surface area contributed by atoms with Crippen molar-refractivity contribution in [1.82, 2.24) is 24.3 Å². The molecule has 5 nitrogen and oxygen atoms in total. The zero-order chi connectivity index (χ0) is 30.5. The van der Waals surface area contributed by atoms with E-state index in [-0.39, 0.29) is 0 Å². The quantitative estimate of drug-likeness (QED) is 0.155. The maximum absolute atomic E-state index is 4.77. The van der Waals surface area contributed by atoms with Crippen molar-refractivity contribution in [2.45, 2.75) is 59.3 Å². The van der Waals surface area contributed by atoms with Crippen LogP contribution in [0.15, 0.2) is 103 Å². The smallest absolute Gasteiger partial charge is 0.158 e. The topological polar surface area (TPSA) is 48.5 Å². The van der Waals surface area contributed by atoms with Crippen molar-refractivity contribution < 1.29 is 0 Å². The van der Waals surface area contributed by atoms with Crippen LogP contribution in [0, 0.1) is 13.8 Å². The van der Waals surface area contributed by atoms with Gasteiger partial charge in [0.25, 0.3) is 0 Å². The van der Waals surface area contributed by atoms with Crippen LogP contribution in [0.1, 0.15) is 52.5 Å². The van der Waals surface area contributed by atoms with Crippen LogP contribution in [0.4, 0.5) is 0 Å². The Hall–Kier alpha value is -4.77. The lowest BCUT2D eigenvalue weighted by molar-refractivity contribution is 0.737. The second-order valence-corrected chi connectivity index (χ2v) is 11.8. The third-order valence-corrected chi connectivity index (χ3v) is 8.40. The van der Waals surface area contributed by atoms with E-state index < -0.39 is 0 Å². The van der Waals surface area contributed by atoms with Crippen LogP contribution in [-0.4, -0.2) is 24.3 Å². The molecule has 44 heavy (non-hydrogen) atoms. The van der Waals surface area contributed by atoms with E-state index in [2.05, 4.69) is 128 Å². The van der Waals surface area contributed by atoms with E-state index in [4.69, 9.17) is 9.97 Å². The van der Waals surface area contributed by atoms with Gasteiger partial charge in [0.2, 0.25) is 0 Å². The minimum atomic E-state index is 0.913. The molecule has 222 valence electrons. The predicted molar refractivity (Wildman–Crippen MR) is 180 cm³/mol. The molecule has 2 aromatic heterocycles. The van der Waals surface area contributed by atoms with E-state index >= 15 is 0 Å². The summed E-state index contributed by atoms with van der Waals surface area (Å²) in [6, 6.07) is 33.2. The zero-order valence-corrected chi connectivity index (χ0v) is 26.3.